The van der Waals surface area contributed by atoms with Crippen molar-refractivity contribution >= 4 is 45.3 Å². The summed E-state index contributed by atoms with van der Waals surface area (Å²) in [6.45, 7) is 0.743. The maximum atomic E-state index is 13.1. The number of hydrogen-bond acceptors (Lipinski definition) is 3. The van der Waals surface area contributed by atoms with Crippen LogP contribution in [0.5, 0.6) is 0 Å². The molecule has 1 aliphatic heterocycles. The third kappa shape index (κ3) is 4.30. The molecule has 160 valence electrons. The van der Waals surface area contributed by atoms with Crippen LogP contribution >= 0.6 is 11.3 Å². The van der Waals surface area contributed by atoms with Crippen LogP contribution in [0, 0.1) is 0 Å². The van der Waals surface area contributed by atoms with Gasteiger partial charge in [-0.15, -0.1) is 11.3 Å². The molecule has 0 spiro atoms. The molecule has 2 heterocycles. The Morgan fingerprint density at radius 1 is 0.906 bits per heavy atom. The fourth-order valence-corrected chi connectivity index (χ4v) is 5.16. The van der Waals surface area contributed by atoms with Crippen LogP contribution in [0.2, 0.25) is 0 Å². The van der Waals surface area contributed by atoms with Gasteiger partial charge in [-0.3, -0.25) is 9.59 Å². The highest BCUT2D eigenvalue weighted by atomic mass is 32.1. The number of benzene rings is 3. The van der Waals surface area contributed by atoms with Crippen molar-refractivity contribution in [1.29, 1.82) is 0 Å². The molecular formula is C27H24N2O2S. The first-order chi connectivity index (χ1) is 15.7. The minimum atomic E-state index is -0.0743. The Kier molecular flexibility index (Phi) is 5.73. The van der Waals surface area contributed by atoms with Crippen molar-refractivity contribution in [3.63, 3.8) is 0 Å². The van der Waals surface area contributed by atoms with Gasteiger partial charge in [-0.05, 0) is 71.3 Å². The van der Waals surface area contributed by atoms with E-state index in [1.807, 2.05) is 35.2 Å². The van der Waals surface area contributed by atoms with Crippen molar-refractivity contribution in [3.05, 3.63) is 94.2 Å². The summed E-state index contributed by atoms with van der Waals surface area (Å²) in [5.41, 5.74) is 3.35. The van der Waals surface area contributed by atoms with Crippen LogP contribution in [0.15, 0.2) is 78.2 Å². The van der Waals surface area contributed by atoms with E-state index in [0.29, 0.717) is 17.7 Å². The van der Waals surface area contributed by atoms with E-state index >= 15 is 0 Å². The Balaban J connectivity index is 1.25. The number of amides is 2. The average molecular weight is 441 g/mol. The number of carbonyl (C=O) groups is 2. The molecule has 2 amide bonds. The smallest absolute Gasteiger partial charge is 0.258 e. The summed E-state index contributed by atoms with van der Waals surface area (Å²) in [5, 5.41) is 7.29. The lowest BCUT2D eigenvalue weighted by Gasteiger charge is -2.21. The first-order valence-electron chi connectivity index (χ1n) is 10.9. The van der Waals surface area contributed by atoms with Gasteiger partial charge >= 0.3 is 0 Å². The standard InChI is InChI=1S/C27H24N2O2S/c30-26(18-19-8-9-20-5-1-2-6-22(20)17-19)28-23-12-10-21(11-13-23)27(31)29-15-4-3-7-25-24(29)14-16-32-25/h1-2,5-6,8-14,16-17H,3-4,7,15,18H2,(H,28,30). The maximum absolute atomic E-state index is 13.1. The average Bonchev–Trinajstić information content (AvgIpc) is 3.18. The van der Waals surface area contributed by atoms with Crippen LogP contribution in [0.4, 0.5) is 11.4 Å². The summed E-state index contributed by atoms with van der Waals surface area (Å²) >= 11 is 1.72. The molecular weight excluding hydrogens is 416 g/mol. The van der Waals surface area contributed by atoms with Gasteiger partial charge in [0.15, 0.2) is 0 Å². The molecule has 5 rings (SSSR count). The van der Waals surface area contributed by atoms with Crippen molar-refractivity contribution < 1.29 is 9.59 Å². The van der Waals surface area contributed by atoms with E-state index < -0.39 is 0 Å². The molecule has 0 unspecified atom stereocenters. The van der Waals surface area contributed by atoms with Gasteiger partial charge in [-0.1, -0.05) is 42.5 Å². The van der Waals surface area contributed by atoms with E-state index in [-0.39, 0.29) is 11.8 Å². The van der Waals surface area contributed by atoms with E-state index in [1.165, 1.54) is 4.88 Å². The number of fused-ring (bicyclic) bond motifs is 2. The van der Waals surface area contributed by atoms with Gasteiger partial charge in [0.2, 0.25) is 5.91 Å². The third-order valence-electron chi connectivity index (χ3n) is 5.89. The van der Waals surface area contributed by atoms with Crippen molar-refractivity contribution in [1.82, 2.24) is 0 Å². The predicted octanol–water partition coefficient (Wildman–Crippen LogP) is 6.07. The molecule has 0 fully saturated rings. The van der Waals surface area contributed by atoms with E-state index in [9.17, 15) is 9.59 Å². The summed E-state index contributed by atoms with van der Waals surface area (Å²) in [5.74, 6) is -0.0598. The topological polar surface area (TPSA) is 49.4 Å². The van der Waals surface area contributed by atoms with Crippen molar-refractivity contribution in [3.8, 4) is 0 Å². The molecule has 0 saturated carbocycles. The maximum Gasteiger partial charge on any atom is 0.258 e. The van der Waals surface area contributed by atoms with Gasteiger partial charge in [0.05, 0.1) is 12.1 Å². The summed E-state index contributed by atoms with van der Waals surface area (Å²) in [6.07, 6.45) is 3.47. The lowest BCUT2D eigenvalue weighted by molar-refractivity contribution is -0.115. The molecule has 0 radical (unpaired) electrons. The van der Waals surface area contributed by atoms with Crippen molar-refractivity contribution in [2.45, 2.75) is 25.7 Å². The SMILES string of the molecule is O=C(Cc1ccc2ccccc2c1)Nc1ccc(C(=O)N2CCCCc3sccc32)cc1. The summed E-state index contributed by atoms with van der Waals surface area (Å²) < 4.78 is 0. The number of carbonyl (C=O) groups excluding carboxylic acids is 2. The molecule has 4 nitrogen and oxygen atoms in total. The van der Waals surface area contributed by atoms with Gasteiger partial charge in [-0.25, -0.2) is 0 Å². The molecule has 1 N–H and O–H groups in total. The monoisotopic (exact) mass is 440 g/mol. The number of nitrogens with zero attached hydrogens (tertiary/aromatic N) is 1. The Bertz CT molecular complexity index is 1280. The molecule has 4 aromatic rings. The van der Waals surface area contributed by atoms with Gasteiger partial charge < -0.3 is 10.2 Å². The number of nitrogens with one attached hydrogen (secondary N) is 1. The zero-order valence-corrected chi connectivity index (χ0v) is 18.5. The highest BCUT2D eigenvalue weighted by Gasteiger charge is 2.23. The number of thiophene rings is 1. The molecule has 1 aliphatic rings. The number of hydrogen-bond donors (Lipinski definition) is 1. The predicted molar refractivity (Wildman–Crippen MR) is 132 cm³/mol. The van der Waals surface area contributed by atoms with Crippen LogP contribution in [0.3, 0.4) is 0 Å². The van der Waals surface area contributed by atoms with Gasteiger partial charge in [0, 0.05) is 22.7 Å². The lowest BCUT2D eigenvalue weighted by atomic mass is 10.0. The van der Waals surface area contributed by atoms with Crippen LogP contribution in [-0.4, -0.2) is 18.4 Å². The molecule has 0 atom stereocenters. The molecule has 5 heteroatoms. The fourth-order valence-electron chi connectivity index (χ4n) is 4.24. The Morgan fingerprint density at radius 3 is 2.56 bits per heavy atom. The largest absolute Gasteiger partial charge is 0.326 e. The van der Waals surface area contributed by atoms with Gasteiger partial charge in [0.1, 0.15) is 0 Å². The quantitative estimate of drug-likeness (QED) is 0.419. The molecule has 0 bridgehead atoms. The van der Waals surface area contributed by atoms with E-state index in [4.69, 9.17) is 0 Å². The number of aryl methyl sites for hydroxylation is 1. The molecule has 32 heavy (non-hydrogen) atoms. The van der Waals surface area contributed by atoms with E-state index in [0.717, 1.165) is 47.8 Å². The zero-order chi connectivity index (χ0) is 21.9. The van der Waals surface area contributed by atoms with Crippen LogP contribution < -0.4 is 10.2 Å². The third-order valence-corrected chi connectivity index (χ3v) is 6.86. The Hall–Kier alpha value is -3.44. The zero-order valence-electron chi connectivity index (χ0n) is 17.7. The highest BCUT2D eigenvalue weighted by Crippen LogP contribution is 2.32. The second kappa shape index (κ2) is 8.97. The first-order valence-corrected chi connectivity index (χ1v) is 11.8. The molecule has 0 aliphatic carbocycles. The fraction of sp³-hybridized carbons (Fsp3) is 0.185. The molecule has 3 aromatic carbocycles. The Labute approximate surface area is 191 Å². The number of rotatable bonds is 4. The normalized spacial score (nSPS) is 13.4. The lowest BCUT2D eigenvalue weighted by Crippen LogP contribution is -2.31. The summed E-state index contributed by atoms with van der Waals surface area (Å²) in [6, 6.07) is 23.5. The van der Waals surface area contributed by atoms with E-state index in [1.54, 1.807) is 35.6 Å². The number of anilines is 2. The molecule has 0 saturated heterocycles. The van der Waals surface area contributed by atoms with E-state index in [2.05, 4.69) is 28.9 Å². The Morgan fingerprint density at radius 2 is 1.72 bits per heavy atom. The van der Waals surface area contributed by atoms with Crippen molar-refractivity contribution in [2.24, 2.45) is 0 Å². The van der Waals surface area contributed by atoms with Gasteiger partial charge in [0.25, 0.3) is 5.91 Å². The van der Waals surface area contributed by atoms with Gasteiger partial charge in [-0.2, -0.15) is 0 Å². The van der Waals surface area contributed by atoms with Crippen LogP contribution in [-0.2, 0) is 17.6 Å². The van der Waals surface area contributed by atoms with Crippen LogP contribution in [0.25, 0.3) is 10.8 Å². The first kappa shape index (κ1) is 20.5. The minimum Gasteiger partial charge on any atom is -0.326 e. The highest BCUT2D eigenvalue weighted by molar-refractivity contribution is 7.10. The second-order valence-electron chi connectivity index (χ2n) is 8.13. The minimum absolute atomic E-state index is 0.0144. The molecule has 1 aromatic heterocycles. The summed E-state index contributed by atoms with van der Waals surface area (Å²) in [4.78, 5) is 28.9. The van der Waals surface area contributed by atoms with Crippen molar-refractivity contribution in [2.75, 3.05) is 16.8 Å². The summed E-state index contributed by atoms with van der Waals surface area (Å²) in [7, 11) is 0. The second-order valence-corrected chi connectivity index (χ2v) is 9.13. The van der Waals surface area contributed by atoms with Crippen LogP contribution in [0.1, 0.15) is 33.6 Å².